The molecule has 5 heteroatoms. The van der Waals surface area contributed by atoms with E-state index in [4.69, 9.17) is 16.7 Å². The van der Waals surface area contributed by atoms with E-state index in [1.54, 1.807) is 0 Å². The van der Waals surface area contributed by atoms with E-state index in [-0.39, 0.29) is 33.9 Å². The molecular formula is C15H18ClNO3. The maximum atomic E-state index is 12.3. The van der Waals surface area contributed by atoms with Crippen LogP contribution >= 0.6 is 11.6 Å². The van der Waals surface area contributed by atoms with E-state index in [2.05, 4.69) is 5.32 Å². The smallest absolute Gasteiger partial charge is 0.337 e. The van der Waals surface area contributed by atoms with Crippen molar-refractivity contribution in [3.63, 3.8) is 0 Å². The third-order valence-corrected chi connectivity index (χ3v) is 4.99. The molecule has 2 N–H and O–H groups in total. The highest BCUT2D eigenvalue weighted by atomic mass is 35.5. The van der Waals surface area contributed by atoms with Crippen molar-refractivity contribution in [1.29, 1.82) is 0 Å². The highest BCUT2D eigenvalue weighted by Gasteiger charge is 2.68. The topological polar surface area (TPSA) is 66.4 Å². The van der Waals surface area contributed by atoms with Crippen LogP contribution in [0.15, 0.2) is 18.2 Å². The number of aromatic carboxylic acids is 1. The molecule has 1 amide bonds. The first-order chi connectivity index (χ1) is 9.09. The van der Waals surface area contributed by atoms with Crippen molar-refractivity contribution in [2.75, 3.05) is 5.32 Å². The van der Waals surface area contributed by atoms with Gasteiger partial charge in [-0.25, -0.2) is 4.79 Å². The fourth-order valence-corrected chi connectivity index (χ4v) is 3.04. The Labute approximate surface area is 123 Å². The number of nitrogens with one attached hydrogen (secondary N) is 1. The van der Waals surface area contributed by atoms with Gasteiger partial charge < -0.3 is 10.4 Å². The number of halogens is 1. The van der Waals surface area contributed by atoms with Gasteiger partial charge in [0.1, 0.15) is 0 Å². The first-order valence-electron chi connectivity index (χ1n) is 6.42. The van der Waals surface area contributed by atoms with Crippen LogP contribution in [0.25, 0.3) is 0 Å². The fourth-order valence-electron chi connectivity index (χ4n) is 2.86. The Kier molecular flexibility index (Phi) is 3.33. The zero-order valence-electron chi connectivity index (χ0n) is 12.0. The van der Waals surface area contributed by atoms with Gasteiger partial charge in [-0.05, 0) is 29.0 Å². The molecule has 0 aliphatic heterocycles. The molecule has 108 valence electrons. The van der Waals surface area contributed by atoms with Gasteiger partial charge >= 0.3 is 5.97 Å². The number of anilines is 1. The maximum Gasteiger partial charge on any atom is 0.337 e. The van der Waals surface area contributed by atoms with E-state index in [1.165, 1.54) is 18.2 Å². The Morgan fingerprint density at radius 3 is 2.20 bits per heavy atom. The van der Waals surface area contributed by atoms with Gasteiger partial charge in [0, 0.05) is 10.9 Å². The standard InChI is InChI=1S/C15H18ClNO3/c1-14(2)11(15(14,3)4)12(18)17-10-7-8(16)5-6-9(10)13(19)20/h5-7,11H,1-4H3,(H,17,18)(H,19,20). The summed E-state index contributed by atoms with van der Waals surface area (Å²) in [7, 11) is 0. The van der Waals surface area contributed by atoms with E-state index in [0.717, 1.165) is 0 Å². The van der Waals surface area contributed by atoms with Crippen molar-refractivity contribution in [1.82, 2.24) is 0 Å². The van der Waals surface area contributed by atoms with Crippen LogP contribution < -0.4 is 5.32 Å². The van der Waals surface area contributed by atoms with Gasteiger partial charge in [0.2, 0.25) is 5.91 Å². The van der Waals surface area contributed by atoms with Gasteiger partial charge in [-0.1, -0.05) is 39.3 Å². The van der Waals surface area contributed by atoms with Gasteiger partial charge in [0.05, 0.1) is 11.3 Å². The third-order valence-electron chi connectivity index (χ3n) is 4.75. The number of carbonyl (C=O) groups is 2. The summed E-state index contributed by atoms with van der Waals surface area (Å²) in [6.45, 7) is 8.14. The van der Waals surface area contributed by atoms with Crippen LogP contribution in [0.4, 0.5) is 5.69 Å². The minimum atomic E-state index is -1.09. The second-order valence-corrected chi connectivity index (χ2v) is 6.80. The van der Waals surface area contributed by atoms with Crippen LogP contribution in [-0.4, -0.2) is 17.0 Å². The number of carbonyl (C=O) groups excluding carboxylic acids is 1. The average Bonchev–Trinajstić information content (AvgIpc) is 2.68. The van der Waals surface area contributed by atoms with Crippen LogP contribution in [0.2, 0.25) is 5.02 Å². The lowest BCUT2D eigenvalue weighted by Crippen LogP contribution is -2.19. The number of amides is 1. The quantitative estimate of drug-likeness (QED) is 0.894. The molecule has 1 aromatic rings. The van der Waals surface area contributed by atoms with Crippen LogP contribution in [-0.2, 0) is 4.79 Å². The molecule has 4 nitrogen and oxygen atoms in total. The van der Waals surface area contributed by atoms with Crippen molar-refractivity contribution >= 4 is 29.2 Å². The maximum absolute atomic E-state index is 12.3. The van der Waals surface area contributed by atoms with Crippen molar-refractivity contribution in [2.24, 2.45) is 16.7 Å². The SMILES string of the molecule is CC1(C)C(C(=O)Nc2cc(Cl)ccc2C(=O)O)C1(C)C. The van der Waals surface area contributed by atoms with Gasteiger partial charge in [0.15, 0.2) is 0 Å². The lowest BCUT2D eigenvalue weighted by molar-refractivity contribution is -0.118. The summed E-state index contributed by atoms with van der Waals surface area (Å²) in [5, 5.41) is 12.2. The van der Waals surface area contributed by atoms with Gasteiger partial charge in [-0.15, -0.1) is 0 Å². The number of benzene rings is 1. The molecule has 1 aliphatic rings. The Morgan fingerprint density at radius 2 is 1.75 bits per heavy atom. The van der Waals surface area contributed by atoms with Crippen molar-refractivity contribution < 1.29 is 14.7 Å². The number of carboxylic acid groups (broad SMARTS) is 1. The zero-order chi connectivity index (χ0) is 15.3. The van der Waals surface area contributed by atoms with E-state index in [0.29, 0.717) is 5.02 Å². The lowest BCUT2D eigenvalue weighted by Gasteiger charge is -2.10. The highest BCUT2D eigenvalue weighted by Crippen LogP contribution is 2.68. The van der Waals surface area contributed by atoms with Crippen molar-refractivity contribution in [3.05, 3.63) is 28.8 Å². The minimum Gasteiger partial charge on any atom is -0.478 e. The van der Waals surface area contributed by atoms with Crippen LogP contribution in [0.1, 0.15) is 38.1 Å². The molecule has 0 aromatic heterocycles. The monoisotopic (exact) mass is 295 g/mol. The van der Waals surface area contributed by atoms with Crippen molar-refractivity contribution in [3.8, 4) is 0 Å². The Bertz CT molecular complexity index is 579. The summed E-state index contributed by atoms with van der Waals surface area (Å²) >= 11 is 5.87. The molecule has 0 heterocycles. The second-order valence-electron chi connectivity index (χ2n) is 6.36. The summed E-state index contributed by atoms with van der Waals surface area (Å²) in [6, 6.07) is 4.35. The Balaban J connectivity index is 2.26. The molecule has 0 atom stereocenters. The first kappa shape index (κ1) is 14.9. The number of rotatable bonds is 3. The molecule has 1 aromatic carbocycles. The molecular weight excluding hydrogens is 278 g/mol. The van der Waals surface area contributed by atoms with Gasteiger partial charge in [-0.2, -0.15) is 0 Å². The second kappa shape index (κ2) is 4.48. The van der Waals surface area contributed by atoms with E-state index in [1.807, 2.05) is 27.7 Å². The number of hydrogen-bond donors (Lipinski definition) is 2. The summed E-state index contributed by atoms with van der Waals surface area (Å²) in [4.78, 5) is 23.5. The molecule has 1 fully saturated rings. The summed E-state index contributed by atoms with van der Waals surface area (Å²) < 4.78 is 0. The molecule has 0 spiro atoms. The number of hydrogen-bond acceptors (Lipinski definition) is 2. The Morgan fingerprint density at radius 1 is 1.20 bits per heavy atom. The first-order valence-corrected chi connectivity index (χ1v) is 6.80. The van der Waals surface area contributed by atoms with Gasteiger partial charge in [-0.3, -0.25) is 4.79 Å². The highest BCUT2D eigenvalue weighted by molar-refractivity contribution is 6.31. The fraction of sp³-hybridized carbons (Fsp3) is 0.467. The van der Waals surface area contributed by atoms with E-state index >= 15 is 0 Å². The molecule has 1 aliphatic carbocycles. The van der Waals surface area contributed by atoms with Crippen molar-refractivity contribution in [2.45, 2.75) is 27.7 Å². The molecule has 0 saturated heterocycles. The molecule has 0 bridgehead atoms. The average molecular weight is 296 g/mol. The predicted octanol–water partition coefficient (Wildman–Crippen LogP) is 3.66. The lowest BCUT2D eigenvalue weighted by atomic mass is 10.0. The largest absolute Gasteiger partial charge is 0.478 e. The van der Waals surface area contributed by atoms with Crippen LogP contribution in [0.5, 0.6) is 0 Å². The molecule has 0 unspecified atom stereocenters. The predicted molar refractivity (Wildman–Crippen MR) is 78.1 cm³/mol. The van der Waals surface area contributed by atoms with Gasteiger partial charge in [0.25, 0.3) is 0 Å². The number of carboxylic acids is 1. The third kappa shape index (κ3) is 2.18. The molecule has 20 heavy (non-hydrogen) atoms. The normalized spacial score (nSPS) is 19.4. The van der Waals surface area contributed by atoms with Crippen LogP contribution in [0.3, 0.4) is 0 Å². The van der Waals surface area contributed by atoms with E-state index in [9.17, 15) is 9.59 Å². The minimum absolute atomic E-state index is 0.0408. The van der Waals surface area contributed by atoms with Crippen LogP contribution in [0, 0.1) is 16.7 Å². The van der Waals surface area contributed by atoms with E-state index < -0.39 is 5.97 Å². The molecule has 0 radical (unpaired) electrons. The summed E-state index contributed by atoms with van der Waals surface area (Å²) in [5.41, 5.74) is 0.0884. The zero-order valence-corrected chi connectivity index (χ0v) is 12.7. The summed E-state index contributed by atoms with van der Waals surface area (Å²) in [5.74, 6) is -1.40. The molecule has 1 saturated carbocycles. The molecule has 2 rings (SSSR count). The summed E-state index contributed by atoms with van der Waals surface area (Å²) in [6.07, 6.45) is 0. The Hall–Kier alpha value is -1.55.